The van der Waals surface area contributed by atoms with Crippen LogP contribution in [0.2, 0.25) is 0 Å². The summed E-state index contributed by atoms with van der Waals surface area (Å²) in [6, 6.07) is 7.87. The van der Waals surface area contributed by atoms with Gasteiger partial charge in [0.2, 0.25) is 5.91 Å². The Hall–Kier alpha value is -2.96. The van der Waals surface area contributed by atoms with E-state index in [0.717, 1.165) is 25.0 Å². The fourth-order valence-electron chi connectivity index (χ4n) is 4.29. The number of nitrogens with one attached hydrogen (secondary N) is 1. The highest BCUT2D eigenvalue weighted by molar-refractivity contribution is 7.91. The molecule has 0 spiro atoms. The SMILES string of the molecule is COCC(=O)N1Cc2cc(S(=O)(=O)CC3CC3)ccc2C1C(=O)Nc1ccc(C(C)(O)C(F)(F)F)cc1. The fraction of sp³-hybridized carbons (Fsp3) is 0.440. The first-order valence-corrected chi connectivity index (χ1v) is 13.2. The summed E-state index contributed by atoms with van der Waals surface area (Å²) in [5, 5.41) is 12.4. The van der Waals surface area contributed by atoms with Crippen molar-refractivity contribution >= 4 is 27.3 Å². The average Bonchev–Trinajstić information content (AvgIpc) is 3.53. The van der Waals surface area contributed by atoms with Gasteiger partial charge >= 0.3 is 6.18 Å². The Labute approximate surface area is 212 Å². The van der Waals surface area contributed by atoms with Gasteiger partial charge in [-0.05, 0) is 66.6 Å². The number of carbonyl (C=O) groups is 2. The summed E-state index contributed by atoms with van der Waals surface area (Å²) < 4.78 is 69.8. The van der Waals surface area contributed by atoms with Crippen LogP contribution >= 0.6 is 0 Å². The van der Waals surface area contributed by atoms with E-state index in [1.165, 1.54) is 42.3 Å². The van der Waals surface area contributed by atoms with Gasteiger partial charge < -0.3 is 20.1 Å². The van der Waals surface area contributed by atoms with Gasteiger partial charge in [0.15, 0.2) is 15.4 Å². The van der Waals surface area contributed by atoms with E-state index in [1.807, 2.05) is 0 Å². The lowest BCUT2D eigenvalue weighted by atomic mass is 9.95. The maximum absolute atomic E-state index is 13.3. The molecular weight excluding hydrogens is 513 g/mol. The van der Waals surface area contributed by atoms with Gasteiger partial charge in [0.1, 0.15) is 12.6 Å². The molecule has 37 heavy (non-hydrogen) atoms. The molecule has 1 saturated carbocycles. The van der Waals surface area contributed by atoms with Crippen LogP contribution in [0.15, 0.2) is 47.4 Å². The summed E-state index contributed by atoms with van der Waals surface area (Å²) in [5.41, 5.74) is -2.35. The number of nitrogens with zero attached hydrogens (tertiary/aromatic N) is 1. The first-order chi connectivity index (χ1) is 17.2. The van der Waals surface area contributed by atoms with Gasteiger partial charge in [0, 0.05) is 19.3 Å². The minimum Gasteiger partial charge on any atom is -0.376 e. The number of anilines is 1. The predicted octanol–water partition coefficient (Wildman–Crippen LogP) is 3.31. The van der Waals surface area contributed by atoms with Crippen LogP contribution in [0.3, 0.4) is 0 Å². The lowest BCUT2D eigenvalue weighted by molar-refractivity contribution is -0.258. The van der Waals surface area contributed by atoms with E-state index in [-0.39, 0.29) is 35.4 Å². The van der Waals surface area contributed by atoms with Crippen LogP contribution in [0, 0.1) is 5.92 Å². The Balaban J connectivity index is 1.60. The molecule has 0 bridgehead atoms. The monoisotopic (exact) mass is 540 g/mol. The van der Waals surface area contributed by atoms with Crippen molar-refractivity contribution < 1.29 is 41.0 Å². The van der Waals surface area contributed by atoms with Crippen LogP contribution in [-0.2, 0) is 36.3 Å². The first-order valence-electron chi connectivity index (χ1n) is 11.6. The van der Waals surface area contributed by atoms with Crippen LogP contribution in [0.1, 0.15) is 42.5 Å². The zero-order valence-electron chi connectivity index (χ0n) is 20.2. The molecule has 2 N–H and O–H groups in total. The van der Waals surface area contributed by atoms with Crippen LogP contribution < -0.4 is 5.32 Å². The molecule has 200 valence electrons. The van der Waals surface area contributed by atoms with Crippen molar-refractivity contribution in [1.82, 2.24) is 4.90 Å². The molecule has 1 fully saturated rings. The Morgan fingerprint density at radius 1 is 1.14 bits per heavy atom. The lowest BCUT2D eigenvalue weighted by Gasteiger charge is -2.27. The predicted molar refractivity (Wildman–Crippen MR) is 127 cm³/mol. The highest BCUT2D eigenvalue weighted by Gasteiger charge is 2.51. The largest absolute Gasteiger partial charge is 0.421 e. The molecular formula is C25H27F3N2O6S. The molecule has 2 unspecified atom stereocenters. The molecule has 2 aliphatic rings. The van der Waals surface area contributed by atoms with Crippen LogP contribution in [0.4, 0.5) is 18.9 Å². The number of alkyl halides is 3. The topological polar surface area (TPSA) is 113 Å². The van der Waals surface area contributed by atoms with Gasteiger partial charge in [0.25, 0.3) is 5.91 Å². The van der Waals surface area contributed by atoms with Crippen LogP contribution in [0.25, 0.3) is 0 Å². The maximum Gasteiger partial charge on any atom is 0.421 e. The average molecular weight is 541 g/mol. The van der Waals surface area contributed by atoms with Crippen LogP contribution in [-0.4, -0.2) is 55.9 Å². The van der Waals surface area contributed by atoms with E-state index in [4.69, 9.17) is 4.74 Å². The maximum atomic E-state index is 13.3. The van der Waals surface area contributed by atoms with Crippen LogP contribution in [0.5, 0.6) is 0 Å². The molecule has 2 amide bonds. The fourth-order valence-corrected chi connectivity index (χ4v) is 6.03. The Kier molecular flexibility index (Phi) is 7.12. The lowest BCUT2D eigenvalue weighted by Crippen LogP contribution is -2.39. The number of carbonyl (C=O) groups excluding carboxylic acids is 2. The van der Waals surface area contributed by atoms with Crippen molar-refractivity contribution in [3.05, 3.63) is 59.2 Å². The van der Waals surface area contributed by atoms with Crippen molar-refractivity contribution in [3.8, 4) is 0 Å². The summed E-state index contributed by atoms with van der Waals surface area (Å²) in [4.78, 5) is 27.4. The van der Waals surface area contributed by atoms with Gasteiger partial charge in [-0.15, -0.1) is 0 Å². The Bertz CT molecular complexity index is 1300. The van der Waals surface area contributed by atoms with Crippen molar-refractivity contribution in [2.24, 2.45) is 5.92 Å². The van der Waals surface area contributed by atoms with Gasteiger partial charge in [-0.2, -0.15) is 13.2 Å². The minimum absolute atomic E-state index is 0.00418. The first kappa shape index (κ1) is 27.1. The summed E-state index contributed by atoms with van der Waals surface area (Å²) in [6.07, 6.45) is -3.14. The molecule has 1 aliphatic heterocycles. The minimum atomic E-state index is -4.89. The number of aliphatic hydroxyl groups is 1. The number of benzene rings is 2. The number of sulfone groups is 1. The normalized spacial score (nSPS) is 19.3. The van der Waals surface area contributed by atoms with Gasteiger partial charge in [-0.3, -0.25) is 9.59 Å². The number of hydrogen-bond acceptors (Lipinski definition) is 6. The highest BCUT2D eigenvalue weighted by Crippen LogP contribution is 2.40. The second-order valence-electron chi connectivity index (χ2n) is 9.58. The molecule has 2 aromatic rings. The number of fused-ring (bicyclic) bond motifs is 1. The van der Waals surface area contributed by atoms with E-state index in [1.54, 1.807) is 0 Å². The summed E-state index contributed by atoms with van der Waals surface area (Å²) in [6.45, 7) is 0.329. The number of hydrogen-bond donors (Lipinski definition) is 2. The van der Waals surface area contributed by atoms with Crippen molar-refractivity contribution in [3.63, 3.8) is 0 Å². The number of amides is 2. The molecule has 0 aromatic heterocycles. The van der Waals surface area contributed by atoms with Crippen molar-refractivity contribution in [2.75, 3.05) is 24.8 Å². The number of rotatable bonds is 8. The van der Waals surface area contributed by atoms with E-state index < -0.39 is 45.0 Å². The molecule has 12 heteroatoms. The molecule has 1 aliphatic carbocycles. The van der Waals surface area contributed by atoms with E-state index in [0.29, 0.717) is 18.1 Å². The quantitative estimate of drug-likeness (QED) is 0.531. The molecule has 4 rings (SSSR count). The Morgan fingerprint density at radius 3 is 2.35 bits per heavy atom. The number of methoxy groups -OCH3 is 1. The molecule has 1 heterocycles. The summed E-state index contributed by atoms with van der Waals surface area (Å²) in [7, 11) is -2.18. The molecule has 2 aromatic carbocycles. The molecule has 2 atom stereocenters. The van der Waals surface area contributed by atoms with E-state index in [9.17, 15) is 36.3 Å². The summed E-state index contributed by atoms with van der Waals surface area (Å²) in [5.74, 6) is -0.910. The molecule has 8 nitrogen and oxygen atoms in total. The smallest absolute Gasteiger partial charge is 0.376 e. The summed E-state index contributed by atoms with van der Waals surface area (Å²) >= 11 is 0. The van der Waals surface area contributed by atoms with E-state index in [2.05, 4.69) is 5.32 Å². The van der Waals surface area contributed by atoms with Gasteiger partial charge in [-0.25, -0.2) is 8.42 Å². The third-order valence-electron chi connectivity index (χ3n) is 6.68. The number of halogens is 3. The second-order valence-corrected chi connectivity index (χ2v) is 11.6. The zero-order valence-corrected chi connectivity index (χ0v) is 21.0. The number of ether oxygens (including phenoxy) is 1. The van der Waals surface area contributed by atoms with Gasteiger partial charge in [0.05, 0.1) is 10.6 Å². The van der Waals surface area contributed by atoms with Gasteiger partial charge in [-0.1, -0.05) is 18.2 Å². The third-order valence-corrected chi connectivity index (χ3v) is 8.56. The molecule has 0 radical (unpaired) electrons. The Morgan fingerprint density at radius 2 is 1.78 bits per heavy atom. The van der Waals surface area contributed by atoms with Crippen molar-refractivity contribution in [1.29, 1.82) is 0 Å². The third kappa shape index (κ3) is 5.51. The standard InChI is InChI=1S/C25H27F3N2O6S/c1-24(33,25(26,27)28)17-5-7-18(8-6-17)29-23(32)22-20-10-9-19(37(34,35)14-15-3-4-15)11-16(20)12-30(22)21(31)13-36-2/h5-11,15,22,33H,3-4,12-14H2,1-2H3,(H,29,32). The zero-order chi connectivity index (χ0) is 27.2. The second kappa shape index (κ2) is 9.73. The van der Waals surface area contributed by atoms with Crippen molar-refractivity contribution in [2.45, 2.75) is 49.0 Å². The molecule has 0 saturated heterocycles. The van der Waals surface area contributed by atoms with E-state index >= 15 is 0 Å². The highest BCUT2D eigenvalue weighted by atomic mass is 32.2.